The zero-order valence-electron chi connectivity index (χ0n) is 8.28. The van der Waals surface area contributed by atoms with E-state index in [4.69, 9.17) is 0 Å². The van der Waals surface area contributed by atoms with Crippen LogP contribution < -0.4 is 10.6 Å². The fraction of sp³-hybridized carbons (Fsp3) is 0.500. The zero-order valence-corrected chi connectivity index (χ0v) is 9.10. The van der Waals surface area contributed by atoms with E-state index in [-0.39, 0.29) is 5.91 Å². The van der Waals surface area contributed by atoms with Crippen molar-refractivity contribution in [3.05, 3.63) is 5.01 Å². The van der Waals surface area contributed by atoms with Gasteiger partial charge in [-0.2, -0.15) is 0 Å². The second-order valence-corrected chi connectivity index (χ2v) is 4.03. The Hall–Kier alpha value is -1.50. The predicted molar refractivity (Wildman–Crippen MR) is 58.2 cm³/mol. The van der Waals surface area contributed by atoms with Gasteiger partial charge in [0.1, 0.15) is 5.01 Å². The van der Waals surface area contributed by atoms with Gasteiger partial charge in [-0.1, -0.05) is 18.3 Å². The molecule has 0 bridgehead atoms. The highest BCUT2D eigenvalue weighted by molar-refractivity contribution is 7.15. The molecule has 0 spiro atoms. The second kappa shape index (κ2) is 4.35. The highest BCUT2D eigenvalue weighted by Gasteiger charge is 2.16. The number of aryl methyl sites for hydroxylation is 1. The van der Waals surface area contributed by atoms with Crippen molar-refractivity contribution >= 4 is 28.2 Å². The van der Waals surface area contributed by atoms with E-state index in [2.05, 4.69) is 25.8 Å². The van der Waals surface area contributed by atoms with Crippen molar-refractivity contribution in [3.8, 4) is 0 Å². The number of amidine groups is 1. The summed E-state index contributed by atoms with van der Waals surface area (Å²) in [6, 6.07) is 0. The van der Waals surface area contributed by atoms with E-state index in [0.717, 1.165) is 18.0 Å². The number of nitrogens with one attached hydrogen (secondary N) is 2. The molecule has 1 aromatic rings. The Morgan fingerprint density at radius 2 is 2.47 bits per heavy atom. The molecule has 1 aliphatic heterocycles. The third-order valence-corrected chi connectivity index (χ3v) is 2.86. The van der Waals surface area contributed by atoms with Crippen LogP contribution in [0.3, 0.4) is 0 Å². The van der Waals surface area contributed by atoms with E-state index in [1.54, 1.807) is 0 Å². The first-order valence-electron chi connectivity index (χ1n) is 4.71. The van der Waals surface area contributed by atoms with Crippen LogP contribution in [0.1, 0.15) is 11.9 Å². The maximum Gasteiger partial charge on any atom is 0.292 e. The molecule has 6 nitrogen and oxygen atoms in total. The zero-order chi connectivity index (χ0) is 10.7. The Bertz CT molecular complexity index is 399. The van der Waals surface area contributed by atoms with Gasteiger partial charge in [-0.05, 0) is 6.42 Å². The minimum absolute atomic E-state index is 0.244. The molecule has 0 unspecified atom stereocenters. The average molecular weight is 225 g/mol. The molecule has 1 aromatic heterocycles. The number of amides is 1. The van der Waals surface area contributed by atoms with Crippen LogP contribution in [0.4, 0.5) is 5.13 Å². The van der Waals surface area contributed by atoms with Crippen LogP contribution in [0.25, 0.3) is 0 Å². The molecule has 0 fully saturated rings. The van der Waals surface area contributed by atoms with Gasteiger partial charge in [0.05, 0.1) is 6.54 Å². The lowest BCUT2D eigenvalue weighted by Gasteiger charge is -2.00. The molecule has 1 amide bonds. The van der Waals surface area contributed by atoms with Crippen molar-refractivity contribution in [2.45, 2.75) is 13.3 Å². The van der Waals surface area contributed by atoms with Crippen LogP contribution >= 0.6 is 11.3 Å². The fourth-order valence-corrected chi connectivity index (χ4v) is 1.83. The molecule has 0 atom stereocenters. The highest BCUT2D eigenvalue weighted by atomic mass is 32.1. The van der Waals surface area contributed by atoms with Crippen LogP contribution in [-0.2, 0) is 11.2 Å². The minimum Gasteiger partial charge on any atom is -0.364 e. The Morgan fingerprint density at radius 1 is 1.60 bits per heavy atom. The molecule has 0 aliphatic carbocycles. The largest absolute Gasteiger partial charge is 0.364 e. The molecule has 7 heteroatoms. The summed E-state index contributed by atoms with van der Waals surface area (Å²) in [6.45, 7) is 3.37. The van der Waals surface area contributed by atoms with Gasteiger partial charge in [0.15, 0.2) is 5.84 Å². The number of anilines is 1. The number of hydrogen-bond donors (Lipinski definition) is 2. The summed E-state index contributed by atoms with van der Waals surface area (Å²) in [5, 5.41) is 14.7. The van der Waals surface area contributed by atoms with Crippen LogP contribution in [0.2, 0.25) is 0 Å². The lowest BCUT2D eigenvalue weighted by Crippen LogP contribution is -2.32. The first kappa shape index (κ1) is 10.0. The summed E-state index contributed by atoms with van der Waals surface area (Å²) < 4.78 is 0. The first-order valence-corrected chi connectivity index (χ1v) is 5.53. The number of aromatic nitrogens is 2. The van der Waals surface area contributed by atoms with Crippen molar-refractivity contribution in [2.75, 3.05) is 18.4 Å². The monoisotopic (exact) mass is 225 g/mol. The van der Waals surface area contributed by atoms with Crippen LogP contribution in [0.5, 0.6) is 0 Å². The number of aliphatic imine (C=N–C) groups is 1. The lowest BCUT2D eigenvalue weighted by atomic mass is 10.5. The van der Waals surface area contributed by atoms with E-state index in [1.807, 2.05) is 6.92 Å². The summed E-state index contributed by atoms with van der Waals surface area (Å²) in [7, 11) is 0. The standard InChI is InChI=1S/C8H11N5OS/c1-2-5-12-13-8(15-5)11-7(14)6-9-3-4-10-6/h2-4H2,1H3,(H,9,10)(H,11,13,14). The van der Waals surface area contributed by atoms with Crippen LogP contribution in [-0.4, -0.2) is 35.0 Å². The van der Waals surface area contributed by atoms with E-state index in [9.17, 15) is 4.79 Å². The van der Waals surface area contributed by atoms with Gasteiger partial charge >= 0.3 is 0 Å². The number of nitrogens with zero attached hydrogens (tertiary/aromatic N) is 3. The van der Waals surface area contributed by atoms with E-state index >= 15 is 0 Å². The lowest BCUT2D eigenvalue weighted by molar-refractivity contribution is -0.110. The van der Waals surface area contributed by atoms with Gasteiger partial charge in [-0.15, -0.1) is 10.2 Å². The number of rotatable bonds is 3. The normalized spacial score (nSPS) is 14.6. The molecule has 1 aliphatic rings. The molecule has 2 N–H and O–H groups in total. The summed E-state index contributed by atoms with van der Waals surface area (Å²) >= 11 is 1.38. The topological polar surface area (TPSA) is 79.3 Å². The van der Waals surface area contributed by atoms with Gasteiger partial charge in [0.2, 0.25) is 5.13 Å². The molecule has 0 saturated carbocycles. The van der Waals surface area contributed by atoms with Crippen molar-refractivity contribution in [2.24, 2.45) is 4.99 Å². The average Bonchev–Trinajstić information content (AvgIpc) is 2.87. The molecular weight excluding hydrogens is 214 g/mol. The third kappa shape index (κ3) is 2.30. The molecule has 80 valence electrons. The predicted octanol–water partition coefficient (Wildman–Crippen LogP) is 0.0407. The quantitative estimate of drug-likeness (QED) is 0.761. The molecule has 0 saturated heterocycles. The number of carbonyl (C=O) groups is 1. The number of carbonyl (C=O) groups excluding carboxylic acids is 1. The van der Waals surface area contributed by atoms with Gasteiger partial charge in [0.25, 0.3) is 5.91 Å². The van der Waals surface area contributed by atoms with Crippen molar-refractivity contribution < 1.29 is 4.79 Å². The van der Waals surface area contributed by atoms with Crippen molar-refractivity contribution in [1.29, 1.82) is 0 Å². The molecule has 0 aromatic carbocycles. The van der Waals surface area contributed by atoms with Crippen LogP contribution in [0.15, 0.2) is 4.99 Å². The third-order valence-electron chi connectivity index (χ3n) is 1.88. The second-order valence-electron chi connectivity index (χ2n) is 2.97. The fourth-order valence-electron chi connectivity index (χ4n) is 1.15. The van der Waals surface area contributed by atoms with Gasteiger partial charge in [0, 0.05) is 6.54 Å². The maximum absolute atomic E-state index is 11.5. The Labute approximate surface area is 90.8 Å². The van der Waals surface area contributed by atoms with Crippen molar-refractivity contribution in [1.82, 2.24) is 15.5 Å². The Kier molecular flexibility index (Phi) is 2.91. The minimum atomic E-state index is -0.244. The summed E-state index contributed by atoms with van der Waals surface area (Å²) in [4.78, 5) is 15.6. The summed E-state index contributed by atoms with van der Waals surface area (Å²) in [5.74, 6) is 0.134. The SMILES string of the molecule is CCc1nnc(NC(=O)C2=NCCN2)s1. The van der Waals surface area contributed by atoms with Crippen molar-refractivity contribution in [3.63, 3.8) is 0 Å². The Balaban J connectivity index is 1.99. The molecular formula is C8H11N5OS. The van der Waals surface area contributed by atoms with Gasteiger partial charge in [-0.3, -0.25) is 15.1 Å². The summed E-state index contributed by atoms with van der Waals surface area (Å²) in [5.41, 5.74) is 0. The maximum atomic E-state index is 11.5. The highest BCUT2D eigenvalue weighted by Crippen LogP contribution is 2.15. The van der Waals surface area contributed by atoms with Crippen LogP contribution in [0, 0.1) is 0 Å². The molecule has 15 heavy (non-hydrogen) atoms. The smallest absolute Gasteiger partial charge is 0.292 e. The van der Waals surface area contributed by atoms with E-state index in [0.29, 0.717) is 17.5 Å². The molecule has 2 rings (SSSR count). The van der Waals surface area contributed by atoms with E-state index in [1.165, 1.54) is 11.3 Å². The van der Waals surface area contributed by atoms with Gasteiger partial charge in [-0.25, -0.2) is 0 Å². The van der Waals surface area contributed by atoms with Gasteiger partial charge < -0.3 is 5.32 Å². The Morgan fingerprint density at radius 3 is 3.07 bits per heavy atom. The molecule has 0 radical (unpaired) electrons. The molecule has 2 heterocycles. The number of hydrogen-bond acceptors (Lipinski definition) is 6. The summed E-state index contributed by atoms with van der Waals surface area (Å²) in [6.07, 6.45) is 0.826. The van der Waals surface area contributed by atoms with E-state index < -0.39 is 0 Å². The first-order chi connectivity index (χ1) is 7.29.